The van der Waals surface area contributed by atoms with Crippen molar-refractivity contribution >= 4 is 11.3 Å². The van der Waals surface area contributed by atoms with E-state index in [9.17, 15) is 13.2 Å². The first-order valence-electron chi connectivity index (χ1n) is 6.24. The largest absolute Gasteiger partial charge is 0.416 e. The average molecular weight is 299 g/mol. The van der Waals surface area contributed by atoms with Gasteiger partial charge in [-0.15, -0.1) is 11.3 Å². The molecule has 1 aromatic heterocycles. The van der Waals surface area contributed by atoms with Crippen molar-refractivity contribution in [3.05, 3.63) is 56.8 Å². The van der Waals surface area contributed by atoms with Crippen molar-refractivity contribution in [3.63, 3.8) is 0 Å². The molecule has 0 bridgehead atoms. The molecule has 1 nitrogen and oxygen atoms in total. The number of aryl methyl sites for hydroxylation is 2. The summed E-state index contributed by atoms with van der Waals surface area (Å²) in [5.41, 5.74) is 1.18. The summed E-state index contributed by atoms with van der Waals surface area (Å²) in [6.45, 7) is 4.02. The highest BCUT2D eigenvalue weighted by Gasteiger charge is 2.31. The minimum Gasteiger partial charge on any atom is -0.309 e. The zero-order valence-electron chi connectivity index (χ0n) is 11.5. The van der Waals surface area contributed by atoms with E-state index in [1.165, 1.54) is 17.0 Å². The van der Waals surface area contributed by atoms with E-state index in [0.717, 1.165) is 16.5 Å². The molecule has 0 amide bonds. The fourth-order valence-electron chi connectivity index (χ4n) is 2.11. The van der Waals surface area contributed by atoms with Crippen LogP contribution in [0.1, 0.15) is 32.5 Å². The summed E-state index contributed by atoms with van der Waals surface area (Å²) in [5, 5.41) is 3.10. The summed E-state index contributed by atoms with van der Waals surface area (Å²) in [6.07, 6.45) is -4.31. The fourth-order valence-corrected chi connectivity index (χ4v) is 3.29. The van der Waals surface area contributed by atoms with Gasteiger partial charge in [0, 0.05) is 9.75 Å². The second-order valence-electron chi connectivity index (χ2n) is 4.73. The number of thiophene rings is 1. The molecule has 1 heterocycles. The number of halogens is 3. The van der Waals surface area contributed by atoms with Gasteiger partial charge in [0.25, 0.3) is 0 Å². The molecule has 0 aliphatic rings. The summed E-state index contributed by atoms with van der Waals surface area (Å²) in [6, 6.07) is 7.31. The van der Waals surface area contributed by atoms with Crippen LogP contribution in [0.3, 0.4) is 0 Å². The molecule has 1 atom stereocenters. The molecule has 20 heavy (non-hydrogen) atoms. The number of nitrogens with one attached hydrogen (secondary N) is 1. The van der Waals surface area contributed by atoms with Crippen molar-refractivity contribution in [2.24, 2.45) is 0 Å². The van der Waals surface area contributed by atoms with Crippen molar-refractivity contribution in [2.45, 2.75) is 26.1 Å². The molecule has 2 rings (SSSR count). The minimum atomic E-state index is -4.31. The molecule has 0 aliphatic heterocycles. The minimum absolute atomic E-state index is 0.213. The van der Waals surface area contributed by atoms with Crippen LogP contribution in [0.25, 0.3) is 0 Å². The lowest BCUT2D eigenvalue weighted by molar-refractivity contribution is -0.137. The van der Waals surface area contributed by atoms with Crippen molar-refractivity contribution in [3.8, 4) is 0 Å². The highest BCUT2D eigenvalue weighted by molar-refractivity contribution is 7.12. The van der Waals surface area contributed by atoms with Gasteiger partial charge in [-0.3, -0.25) is 0 Å². The van der Waals surface area contributed by atoms with Crippen LogP contribution in [0.5, 0.6) is 0 Å². The van der Waals surface area contributed by atoms with Crippen molar-refractivity contribution in [1.82, 2.24) is 5.32 Å². The average Bonchev–Trinajstić information content (AvgIpc) is 2.69. The molecule has 5 heteroatoms. The third-order valence-corrected chi connectivity index (χ3v) is 4.52. The van der Waals surface area contributed by atoms with E-state index in [4.69, 9.17) is 0 Å². The Hall–Kier alpha value is -1.33. The summed E-state index contributed by atoms with van der Waals surface area (Å²) < 4.78 is 38.4. The zero-order chi connectivity index (χ0) is 14.9. The van der Waals surface area contributed by atoms with Crippen LogP contribution in [-0.4, -0.2) is 7.05 Å². The maximum atomic E-state index is 12.8. The number of rotatable bonds is 3. The van der Waals surface area contributed by atoms with Gasteiger partial charge in [-0.25, -0.2) is 0 Å². The second-order valence-corrected chi connectivity index (χ2v) is 6.02. The Morgan fingerprint density at radius 1 is 1.15 bits per heavy atom. The fraction of sp³-hybridized carbons (Fsp3) is 0.333. The van der Waals surface area contributed by atoms with Gasteiger partial charge in [-0.1, -0.05) is 12.1 Å². The van der Waals surface area contributed by atoms with Crippen LogP contribution in [0.2, 0.25) is 0 Å². The van der Waals surface area contributed by atoms with Crippen molar-refractivity contribution in [2.75, 3.05) is 7.05 Å². The summed E-state index contributed by atoms with van der Waals surface area (Å²) in [7, 11) is 1.76. The third kappa shape index (κ3) is 3.04. The van der Waals surface area contributed by atoms with Gasteiger partial charge in [0.15, 0.2) is 0 Å². The molecular formula is C15H16F3NS. The van der Waals surface area contributed by atoms with Crippen molar-refractivity contribution < 1.29 is 13.2 Å². The molecule has 1 N–H and O–H groups in total. The van der Waals surface area contributed by atoms with Crippen LogP contribution in [0, 0.1) is 13.8 Å². The summed E-state index contributed by atoms with van der Waals surface area (Å²) >= 11 is 1.61. The first-order valence-corrected chi connectivity index (χ1v) is 7.06. The predicted molar refractivity (Wildman–Crippen MR) is 76.1 cm³/mol. The van der Waals surface area contributed by atoms with Crippen LogP contribution in [0.15, 0.2) is 30.3 Å². The Bertz CT molecular complexity index is 582. The van der Waals surface area contributed by atoms with E-state index in [2.05, 4.69) is 5.32 Å². The quantitative estimate of drug-likeness (QED) is 0.866. The lowest BCUT2D eigenvalue weighted by Gasteiger charge is -2.17. The Kier molecular flexibility index (Phi) is 4.20. The third-order valence-electron chi connectivity index (χ3n) is 3.31. The van der Waals surface area contributed by atoms with Crippen LogP contribution in [-0.2, 0) is 6.18 Å². The van der Waals surface area contributed by atoms with Crippen LogP contribution >= 0.6 is 11.3 Å². The normalized spacial score (nSPS) is 13.5. The molecule has 108 valence electrons. The molecule has 2 aromatic rings. The Balaban J connectivity index is 2.42. The molecule has 0 spiro atoms. The van der Waals surface area contributed by atoms with Gasteiger partial charge >= 0.3 is 6.18 Å². The van der Waals surface area contributed by atoms with E-state index < -0.39 is 11.7 Å². The Morgan fingerprint density at radius 2 is 1.85 bits per heavy atom. The van der Waals surface area contributed by atoms with E-state index >= 15 is 0 Å². The number of hydrogen-bond acceptors (Lipinski definition) is 2. The lowest BCUT2D eigenvalue weighted by atomic mass is 10.0. The van der Waals surface area contributed by atoms with Crippen LogP contribution < -0.4 is 5.32 Å². The van der Waals surface area contributed by atoms with Gasteiger partial charge < -0.3 is 5.32 Å². The molecule has 1 aromatic carbocycles. The SMILES string of the molecule is CNC(c1cccc(C(F)(F)F)c1)c1cc(C)c(C)s1. The van der Waals surface area contributed by atoms with Gasteiger partial charge in [0.1, 0.15) is 0 Å². The van der Waals surface area contributed by atoms with E-state index in [-0.39, 0.29) is 6.04 Å². The molecule has 0 radical (unpaired) electrons. The highest BCUT2D eigenvalue weighted by Crippen LogP contribution is 2.34. The first-order chi connectivity index (χ1) is 9.32. The summed E-state index contributed by atoms with van der Waals surface area (Å²) in [5.74, 6) is 0. The van der Waals surface area contributed by atoms with Gasteiger partial charge in [0.05, 0.1) is 11.6 Å². The molecule has 0 aliphatic carbocycles. The van der Waals surface area contributed by atoms with Gasteiger partial charge in [0.2, 0.25) is 0 Å². The number of alkyl halides is 3. The number of hydrogen-bond donors (Lipinski definition) is 1. The molecule has 1 unspecified atom stereocenters. The van der Waals surface area contributed by atoms with Gasteiger partial charge in [-0.2, -0.15) is 13.2 Å². The van der Waals surface area contributed by atoms with E-state index in [1.54, 1.807) is 24.5 Å². The van der Waals surface area contributed by atoms with Crippen LogP contribution in [0.4, 0.5) is 13.2 Å². The second kappa shape index (κ2) is 5.58. The molecule has 0 fully saturated rings. The highest BCUT2D eigenvalue weighted by atomic mass is 32.1. The standard InChI is InChI=1S/C15H16F3NS/c1-9-7-13(20-10(9)2)14(19-3)11-5-4-6-12(8-11)15(16,17)18/h4-8,14,19H,1-3H3. The topological polar surface area (TPSA) is 12.0 Å². The number of benzene rings is 1. The molecule has 0 saturated carbocycles. The van der Waals surface area contributed by atoms with E-state index in [1.807, 2.05) is 19.9 Å². The maximum Gasteiger partial charge on any atom is 0.416 e. The monoisotopic (exact) mass is 299 g/mol. The zero-order valence-corrected chi connectivity index (χ0v) is 12.3. The molecule has 0 saturated heterocycles. The lowest BCUT2D eigenvalue weighted by Crippen LogP contribution is -2.17. The maximum absolute atomic E-state index is 12.8. The van der Waals surface area contributed by atoms with E-state index in [0.29, 0.717) is 5.56 Å². The smallest absolute Gasteiger partial charge is 0.309 e. The Labute approximate surface area is 120 Å². The first kappa shape index (κ1) is 15.1. The molecular weight excluding hydrogens is 283 g/mol. The van der Waals surface area contributed by atoms with Gasteiger partial charge in [-0.05, 0) is 50.2 Å². The van der Waals surface area contributed by atoms with Crippen molar-refractivity contribution in [1.29, 1.82) is 0 Å². The predicted octanol–water partition coefficient (Wildman–Crippen LogP) is 4.69. The summed E-state index contributed by atoms with van der Waals surface area (Å²) in [4.78, 5) is 2.22. The Morgan fingerprint density at radius 3 is 2.35 bits per heavy atom.